The number of aryl methyl sites for hydroxylation is 2. The third kappa shape index (κ3) is 4.83. The number of nitrogens with zero attached hydrogens (tertiary/aromatic N) is 1. The van der Waals surface area contributed by atoms with E-state index in [4.69, 9.17) is 9.57 Å². The lowest BCUT2D eigenvalue weighted by molar-refractivity contribution is -0.114. The minimum Gasteiger partial charge on any atom is -0.489 e. The summed E-state index contributed by atoms with van der Waals surface area (Å²) < 4.78 is 5.98. The molecule has 1 amide bonds. The fourth-order valence-electron chi connectivity index (χ4n) is 2.36. The summed E-state index contributed by atoms with van der Waals surface area (Å²) in [4.78, 5) is 17.3. The summed E-state index contributed by atoms with van der Waals surface area (Å²) in [7, 11) is 1.57. The molecule has 0 bridgehead atoms. The van der Waals surface area contributed by atoms with E-state index in [1.807, 2.05) is 57.2 Å². The average Bonchev–Trinajstić information content (AvgIpc) is 2.63. The summed E-state index contributed by atoms with van der Waals surface area (Å²) in [6.07, 6.45) is 0. The second-order valence-electron chi connectivity index (χ2n) is 5.65. The van der Waals surface area contributed by atoms with Gasteiger partial charge in [0.05, 0.1) is 0 Å². The zero-order valence-electron chi connectivity index (χ0n) is 15.1. The van der Waals surface area contributed by atoms with Gasteiger partial charge < -0.3 is 14.9 Å². The van der Waals surface area contributed by atoms with Gasteiger partial charge >= 0.3 is 0 Å². The highest BCUT2D eigenvalue weighted by Crippen LogP contribution is 2.21. The lowest BCUT2D eigenvalue weighted by Crippen LogP contribution is -2.29. The number of benzene rings is 2. The fourth-order valence-corrected chi connectivity index (χ4v) is 2.36. The van der Waals surface area contributed by atoms with Crippen molar-refractivity contribution in [2.45, 2.75) is 27.4 Å². The molecule has 0 fully saturated rings. The molecule has 0 heterocycles. The number of amides is 1. The number of carbonyl (C=O) groups excluding carboxylic acids is 1. The Labute approximate surface area is 148 Å². The maximum Gasteiger partial charge on any atom is 0.273 e. The van der Waals surface area contributed by atoms with Gasteiger partial charge in [0.1, 0.15) is 19.0 Å². The molecular formula is C20H24N2O3. The van der Waals surface area contributed by atoms with Crippen LogP contribution in [0.25, 0.3) is 0 Å². The second-order valence-corrected chi connectivity index (χ2v) is 5.65. The Kier molecular flexibility index (Phi) is 6.57. The number of nitrogens with one attached hydrogen (secondary N) is 1. The molecule has 0 aromatic heterocycles. The maximum absolute atomic E-state index is 12.2. The van der Waals surface area contributed by atoms with Gasteiger partial charge in [0, 0.05) is 12.6 Å². The molecule has 25 heavy (non-hydrogen) atoms. The Morgan fingerprint density at radius 2 is 1.92 bits per heavy atom. The van der Waals surface area contributed by atoms with Crippen molar-refractivity contribution in [3.05, 3.63) is 64.7 Å². The number of hydrogen-bond donors (Lipinski definition) is 1. The third-order valence-electron chi connectivity index (χ3n) is 3.73. The van der Waals surface area contributed by atoms with Crippen molar-refractivity contribution < 1.29 is 14.4 Å². The monoisotopic (exact) mass is 340 g/mol. The number of ether oxygens (including phenoxy) is 1. The molecule has 0 saturated heterocycles. The van der Waals surface area contributed by atoms with Crippen LogP contribution < -0.4 is 10.1 Å². The van der Waals surface area contributed by atoms with E-state index >= 15 is 0 Å². The molecule has 5 nitrogen and oxygen atoms in total. The van der Waals surface area contributed by atoms with Gasteiger partial charge in [-0.25, -0.2) is 0 Å². The van der Waals surface area contributed by atoms with Gasteiger partial charge in [0.2, 0.25) is 0 Å². The van der Waals surface area contributed by atoms with Gasteiger partial charge in [-0.1, -0.05) is 41.6 Å². The van der Waals surface area contributed by atoms with Crippen LogP contribution in [0.3, 0.4) is 0 Å². The van der Waals surface area contributed by atoms with Gasteiger partial charge in [-0.2, -0.15) is 0 Å². The average molecular weight is 340 g/mol. The molecule has 0 spiro atoms. The first kappa shape index (κ1) is 18.5. The summed E-state index contributed by atoms with van der Waals surface area (Å²) in [5.74, 6) is 0.533. The van der Waals surface area contributed by atoms with E-state index < -0.39 is 0 Å². The quantitative estimate of drug-likeness (QED) is 0.621. The predicted octanol–water partition coefficient (Wildman–Crippen LogP) is 3.37. The molecule has 2 rings (SSSR count). The van der Waals surface area contributed by atoms with Crippen LogP contribution in [0.4, 0.5) is 0 Å². The molecule has 0 aliphatic carbocycles. The van der Waals surface area contributed by atoms with Gasteiger partial charge in [-0.3, -0.25) is 4.79 Å². The summed E-state index contributed by atoms with van der Waals surface area (Å²) in [6.45, 7) is 6.58. The lowest BCUT2D eigenvalue weighted by Gasteiger charge is -2.14. The Hall–Kier alpha value is -2.82. The Morgan fingerprint density at radius 3 is 2.64 bits per heavy atom. The predicted molar refractivity (Wildman–Crippen MR) is 98.9 cm³/mol. The van der Waals surface area contributed by atoms with Crippen LogP contribution in [0.1, 0.15) is 29.2 Å². The van der Waals surface area contributed by atoms with E-state index in [9.17, 15) is 4.79 Å². The fraction of sp³-hybridized carbons (Fsp3) is 0.300. The Morgan fingerprint density at radius 1 is 1.16 bits per heavy atom. The topological polar surface area (TPSA) is 59.9 Å². The third-order valence-corrected chi connectivity index (χ3v) is 3.73. The minimum atomic E-state index is -0.298. The van der Waals surface area contributed by atoms with Crippen LogP contribution in [0.2, 0.25) is 0 Å². The largest absolute Gasteiger partial charge is 0.489 e. The van der Waals surface area contributed by atoms with Crippen LogP contribution in [0.15, 0.2) is 47.6 Å². The molecule has 1 N–H and O–H groups in total. The summed E-state index contributed by atoms with van der Waals surface area (Å²) in [6, 6.07) is 13.6. The molecule has 5 heteroatoms. The maximum atomic E-state index is 12.2. The van der Waals surface area contributed by atoms with Crippen molar-refractivity contribution in [3.63, 3.8) is 0 Å². The summed E-state index contributed by atoms with van der Waals surface area (Å²) in [5.41, 5.74) is 4.01. The van der Waals surface area contributed by atoms with Gasteiger partial charge in [-0.15, -0.1) is 0 Å². The molecule has 0 aliphatic rings. The molecule has 0 unspecified atom stereocenters. The smallest absolute Gasteiger partial charge is 0.273 e. The zero-order chi connectivity index (χ0) is 18.2. The SMILES string of the molecule is CCO/N=C(\C(=O)NC)c1ccccc1COc1cc(C)ccc1C. The molecule has 2 aromatic carbocycles. The number of rotatable bonds is 7. The molecule has 0 aliphatic heterocycles. The zero-order valence-corrected chi connectivity index (χ0v) is 15.1. The van der Waals surface area contributed by atoms with Crippen LogP contribution >= 0.6 is 0 Å². The first-order chi connectivity index (χ1) is 12.1. The number of likely N-dealkylation sites (N-methyl/N-ethyl adjacent to an activating group) is 1. The second kappa shape index (κ2) is 8.87. The molecule has 0 atom stereocenters. The van der Waals surface area contributed by atoms with Crippen molar-refractivity contribution in [3.8, 4) is 5.75 Å². The van der Waals surface area contributed by atoms with E-state index in [1.54, 1.807) is 7.05 Å². The minimum absolute atomic E-state index is 0.240. The number of oxime groups is 1. The van der Waals surface area contributed by atoms with Crippen molar-refractivity contribution in [1.29, 1.82) is 0 Å². The molecule has 0 radical (unpaired) electrons. The Bertz CT molecular complexity index is 769. The van der Waals surface area contributed by atoms with Crippen LogP contribution in [0, 0.1) is 13.8 Å². The van der Waals surface area contributed by atoms with E-state index in [-0.39, 0.29) is 11.6 Å². The van der Waals surface area contributed by atoms with E-state index in [0.29, 0.717) is 18.8 Å². The van der Waals surface area contributed by atoms with Gasteiger partial charge in [0.15, 0.2) is 5.71 Å². The molecular weight excluding hydrogens is 316 g/mol. The van der Waals surface area contributed by atoms with Gasteiger partial charge in [-0.05, 0) is 43.5 Å². The highest BCUT2D eigenvalue weighted by molar-refractivity contribution is 6.45. The van der Waals surface area contributed by atoms with Crippen LogP contribution in [-0.4, -0.2) is 25.3 Å². The van der Waals surface area contributed by atoms with Gasteiger partial charge in [0.25, 0.3) is 5.91 Å². The summed E-state index contributed by atoms with van der Waals surface area (Å²) in [5, 5.41) is 6.58. The lowest BCUT2D eigenvalue weighted by atomic mass is 10.0. The molecule has 132 valence electrons. The summed E-state index contributed by atoms with van der Waals surface area (Å²) >= 11 is 0. The number of hydrogen-bond acceptors (Lipinski definition) is 4. The Balaban J connectivity index is 2.30. The highest BCUT2D eigenvalue weighted by Gasteiger charge is 2.17. The van der Waals surface area contributed by atoms with Crippen LogP contribution in [-0.2, 0) is 16.2 Å². The van der Waals surface area contributed by atoms with Crippen molar-refractivity contribution >= 4 is 11.6 Å². The highest BCUT2D eigenvalue weighted by atomic mass is 16.6. The van der Waals surface area contributed by atoms with E-state index in [1.165, 1.54) is 0 Å². The van der Waals surface area contributed by atoms with Crippen molar-refractivity contribution in [2.75, 3.05) is 13.7 Å². The van der Waals surface area contributed by atoms with Crippen molar-refractivity contribution in [1.82, 2.24) is 5.32 Å². The van der Waals surface area contributed by atoms with Crippen LogP contribution in [0.5, 0.6) is 5.75 Å². The van der Waals surface area contributed by atoms with Crippen molar-refractivity contribution in [2.24, 2.45) is 5.16 Å². The standard InChI is InChI=1S/C20H24N2O3/c1-5-25-22-19(20(23)21-4)17-9-7-6-8-16(17)13-24-18-12-14(2)10-11-15(18)3/h6-12H,5,13H2,1-4H3,(H,21,23)/b22-19-. The first-order valence-corrected chi connectivity index (χ1v) is 8.27. The normalized spacial score (nSPS) is 11.1. The number of carbonyl (C=O) groups is 1. The van der Waals surface area contributed by atoms with E-state index in [2.05, 4.69) is 16.5 Å². The molecule has 0 saturated carbocycles. The molecule has 2 aromatic rings. The van der Waals surface area contributed by atoms with E-state index in [0.717, 1.165) is 22.4 Å². The first-order valence-electron chi connectivity index (χ1n) is 8.27.